The highest BCUT2D eigenvalue weighted by atomic mass is 35.5. The predicted octanol–water partition coefficient (Wildman–Crippen LogP) is 4.35. The Bertz CT molecular complexity index is 456. The zero-order valence-corrected chi connectivity index (χ0v) is 13.0. The Morgan fingerprint density at radius 3 is 2.35 bits per heavy atom. The molecule has 2 N–H and O–H groups in total. The number of nitrogens with two attached hydrogens (primary N) is 1. The molecule has 1 saturated carbocycles. The summed E-state index contributed by atoms with van der Waals surface area (Å²) in [6.45, 7) is 2.87. The van der Waals surface area contributed by atoms with Crippen molar-refractivity contribution in [3.05, 3.63) is 28.8 Å². The summed E-state index contributed by atoms with van der Waals surface area (Å²) >= 11 is 6.42. The van der Waals surface area contributed by atoms with Crippen LogP contribution in [0.2, 0.25) is 5.02 Å². The Morgan fingerprint density at radius 2 is 1.75 bits per heavy atom. The van der Waals surface area contributed by atoms with Gasteiger partial charge in [0.1, 0.15) is 0 Å². The van der Waals surface area contributed by atoms with Crippen molar-refractivity contribution in [3.63, 3.8) is 0 Å². The van der Waals surface area contributed by atoms with E-state index in [2.05, 4.69) is 17.0 Å². The van der Waals surface area contributed by atoms with Crippen LogP contribution in [-0.2, 0) is 6.54 Å². The molecule has 1 heterocycles. The zero-order chi connectivity index (χ0) is 14.0. The van der Waals surface area contributed by atoms with Gasteiger partial charge >= 0.3 is 0 Å². The van der Waals surface area contributed by atoms with E-state index in [0.29, 0.717) is 12.0 Å². The van der Waals surface area contributed by atoms with E-state index in [9.17, 15) is 0 Å². The molecule has 110 valence electrons. The molecule has 1 saturated heterocycles. The number of hydrogen-bond donors (Lipinski definition) is 1. The summed E-state index contributed by atoms with van der Waals surface area (Å²) in [5.41, 5.74) is 8.62. The van der Waals surface area contributed by atoms with Gasteiger partial charge in [-0.25, -0.2) is 0 Å². The van der Waals surface area contributed by atoms with E-state index in [-0.39, 0.29) is 0 Å². The fourth-order valence-electron chi connectivity index (χ4n) is 3.96. The van der Waals surface area contributed by atoms with Crippen LogP contribution in [0.5, 0.6) is 0 Å². The fourth-order valence-corrected chi connectivity index (χ4v) is 4.28. The normalized spacial score (nSPS) is 22.2. The van der Waals surface area contributed by atoms with Gasteiger partial charge in [0.25, 0.3) is 0 Å². The molecule has 0 radical (unpaired) electrons. The summed E-state index contributed by atoms with van der Waals surface area (Å²) in [5.74, 6) is 0. The quantitative estimate of drug-likeness (QED) is 0.878. The smallest absolute Gasteiger partial charge is 0.0642 e. The monoisotopic (exact) mass is 292 g/mol. The first-order valence-corrected chi connectivity index (χ1v) is 8.34. The molecule has 3 rings (SSSR count). The van der Waals surface area contributed by atoms with Crippen molar-refractivity contribution < 1.29 is 0 Å². The SMILES string of the molecule is NCc1ccc(N2CCC3(CCCCC3)CC2)c(Cl)c1. The molecule has 3 heteroatoms. The minimum absolute atomic E-state index is 0.559. The Hall–Kier alpha value is -0.730. The number of hydrogen-bond acceptors (Lipinski definition) is 2. The van der Waals surface area contributed by atoms with Crippen molar-refractivity contribution >= 4 is 17.3 Å². The lowest BCUT2D eigenvalue weighted by molar-refractivity contribution is 0.144. The molecule has 2 nitrogen and oxygen atoms in total. The maximum atomic E-state index is 6.42. The fraction of sp³-hybridized carbons (Fsp3) is 0.647. The lowest BCUT2D eigenvalue weighted by atomic mass is 9.68. The minimum atomic E-state index is 0.559. The van der Waals surface area contributed by atoms with Gasteiger partial charge in [-0.05, 0) is 48.8 Å². The first kappa shape index (κ1) is 14.2. The lowest BCUT2D eigenvalue weighted by Crippen LogP contribution is -2.41. The summed E-state index contributed by atoms with van der Waals surface area (Å²) in [4.78, 5) is 2.46. The molecule has 0 bridgehead atoms. The van der Waals surface area contributed by atoms with Crippen LogP contribution >= 0.6 is 11.6 Å². The van der Waals surface area contributed by atoms with Gasteiger partial charge in [-0.15, -0.1) is 0 Å². The van der Waals surface area contributed by atoms with Gasteiger partial charge in [0, 0.05) is 19.6 Å². The second kappa shape index (κ2) is 5.95. The maximum absolute atomic E-state index is 6.42. The largest absolute Gasteiger partial charge is 0.370 e. The van der Waals surface area contributed by atoms with Crippen LogP contribution in [0, 0.1) is 5.41 Å². The van der Waals surface area contributed by atoms with Crippen molar-refractivity contribution in [3.8, 4) is 0 Å². The molecule has 2 fully saturated rings. The van der Waals surface area contributed by atoms with E-state index in [1.807, 2.05) is 6.07 Å². The summed E-state index contributed by atoms with van der Waals surface area (Å²) in [7, 11) is 0. The van der Waals surface area contributed by atoms with E-state index in [0.717, 1.165) is 23.7 Å². The standard InChI is InChI=1S/C17H25ClN2/c18-15-12-14(13-19)4-5-16(15)20-10-8-17(9-11-20)6-2-1-3-7-17/h4-5,12H,1-3,6-11,13,19H2. The Labute approximate surface area is 127 Å². The molecule has 1 aliphatic carbocycles. The van der Waals surface area contributed by atoms with Crippen LogP contribution in [0.15, 0.2) is 18.2 Å². The van der Waals surface area contributed by atoms with E-state index < -0.39 is 0 Å². The molecule has 1 spiro atoms. The van der Waals surface area contributed by atoms with E-state index in [1.165, 1.54) is 50.6 Å². The van der Waals surface area contributed by atoms with Crippen LogP contribution in [0.25, 0.3) is 0 Å². The third kappa shape index (κ3) is 2.82. The second-order valence-electron chi connectivity index (χ2n) is 6.54. The first-order chi connectivity index (χ1) is 9.72. The third-order valence-electron chi connectivity index (χ3n) is 5.33. The van der Waals surface area contributed by atoms with Gasteiger partial charge in [0.05, 0.1) is 10.7 Å². The van der Waals surface area contributed by atoms with Crippen molar-refractivity contribution in [2.45, 2.75) is 51.5 Å². The molecule has 0 aromatic heterocycles. The van der Waals surface area contributed by atoms with Crippen LogP contribution in [-0.4, -0.2) is 13.1 Å². The maximum Gasteiger partial charge on any atom is 0.0642 e. The van der Waals surface area contributed by atoms with Crippen molar-refractivity contribution in [2.75, 3.05) is 18.0 Å². The van der Waals surface area contributed by atoms with Crippen LogP contribution in [0.1, 0.15) is 50.5 Å². The van der Waals surface area contributed by atoms with Gasteiger partial charge < -0.3 is 10.6 Å². The number of nitrogens with zero attached hydrogens (tertiary/aromatic N) is 1. The summed E-state index contributed by atoms with van der Waals surface area (Å²) in [6.07, 6.45) is 9.88. The Kier molecular flexibility index (Phi) is 4.23. The Morgan fingerprint density at radius 1 is 1.05 bits per heavy atom. The number of piperidine rings is 1. The number of rotatable bonds is 2. The van der Waals surface area contributed by atoms with E-state index >= 15 is 0 Å². The summed E-state index contributed by atoms with van der Waals surface area (Å²) < 4.78 is 0. The van der Waals surface area contributed by atoms with Gasteiger partial charge in [-0.2, -0.15) is 0 Å². The number of anilines is 1. The predicted molar refractivity (Wildman–Crippen MR) is 86.3 cm³/mol. The molecule has 1 aliphatic heterocycles. The molecule has 0 atom stereocenters. The van der Waals surface area contributed by atoms with Crippen LogP contribution in [0.3, 0.4) is 0 Å². The third-order valence-corrected chi connectivity index (χ3v) is 5.63. The first-order valence-electron chi connectivity index (χ1n) is 7.96. The molecule has 1 aromatic carbocycles. The van der Waals surface area contributed by atoms with Crippen LogP contribution < -0.4 is 10.6 Å². The molecular weight excluding hydrogens is 268 g/mol. The number of halogens is 1. The average molecular weight is 293 g/mol. The average Bonchev–Trinajstić information content (AvgIpc) is 2.49. The topological polar surface area (TPSA) is 29.3 Å². The highest BCUT2D eigenvalue weighted by Gasteiger charge is 2.35. The molecule has 0 unspecified atom stereocenters. The van der Waals surface area contributed by atoms with Crippen LogP contribution in [0.4, 0.5) is 5.69 Å². The summed E-state index contributed by atoms with van der Waals surface area (Å²) in [6, 6.07) is 6.26. The highest BCUT2D eigenvalue weighted by molar-refractivity contribution is 6.33. The Balaban J connectivity index is 1.68. The minimum Gasteiger partial charge on any atom is -0.370 e. The van der Waals surface area contributed by atoms with Crippen molar-refractivity contribution in [1.29, 1.82) is 0 Å². The molecule has 0 amide bonds. The van der Waals surface area contributed by atoms with Gasteiger partial charge in [0.2, 0.25) is 0 Å². The molecule has 2 aliphatic rings. The molecule has 1 aromatic rings. The van der Waals surface area contributed by atoms with Gasteiger partial charge in [-0.3, -0.25) is 0 Å². The summed E-state index contributed by atoms with van der Waals surface area (Å²) in [5, 5.41) is 0.854. The molecule has 20 heavy (non-hydrogen) atoms. The second-order valence-corrected chi connectivity index (χ2v) is 6.94. The lowest BCUT2D eigenvalue weighted by Gasteiger charge is -2.45. The van der Waals surface area contributed by atoms with Crippen molar-refractivity contribution in [1.82, 2.24) is 0 Å². The van der Waals surface area contributed by atoms with E-state index in [4.69, 9.17) is 17.3 Å². The van der Waals surface area contributed by atoms with Gasteiger partial charge in [0.15, 0.2) is 0 Å². The zero-order valence-electron chi connectivity index (χ0n) is 12.2. The molecular formula is C17H25ClN2. The number of benzene rings is 1. The van der Waals surface area contributed by atoms with Gasteiger partial charge in [-0.1, -0.05) is 36.9 Å². The highest BCUT2D eigenvalue weighted by Crippen LogP contribution is 2.45. The van der Waals surface area contributed by atoms with Crippen molar-refractivity contribution in [2.24, 2.45) is 11.1 Å². The van der Waals surface area contributed by atoms with E-state index in [1.54, 1.807) is 0 Å².